The molecule has 2 heterocycles. The zero-order valence-corrected chi connectivity index (χ0v) is 15.7. The van der Waals surface area contributed by atoms with Crippen LogP contribution in [0, 0.1) is 0 Å². The second-order valence-corrected chi connectivity index (χ2v) is 6.16. The standard InChI is InChI=1S/C17H21NO10/c1-7-18-14-11(25-7)5-12(17(22)23)28-16(14)15(27-10(4)21)13(26-9(3)20)6-24-8(2)19/h5,11,13-16H,6H2,1-4H3,(H,22,23)/t11-,13-,14-,15-,16-/m1/s1. The van der Waals surface area contributed by atoms with Gasteiger partial charge in [-0.05, 0) is 0 Å². The number of aliphatic imine (C=N–C) groups is 1. The van der Waals surface area contributed by atoms with Crippen LogP contribution in [0.2, 0.25) is 0 Å². The van der Waals surface area contributed by atoms with Crippen molar-refractivity contribution < 1.29 is 48.0 Å². The Balaban J connectivity index is 2.41. The molecule has 5 atom stereocenters. The van der Waals surface area contributed by atoms with Crippen LogP contribution in [-0.4, -0.2) is 71.9 Å². The van der Waals surface area contributed by atoms with E-state index in [1.807, 2.05) is 0 Å². The van der Waals surface area contributed by atoms with Crippen LogP contribution in [0.25, 0.3) is 0 Å². The van der Waals surface area contributed by atoms with E-state index in [1.165, 1.54) is 6.08 Å². The van der Waals surface area contributed by atoms with E-state index in [1.54, 1.807) is 6.92 Å². The Morgan fingerprint density at radius 3 is 2.29 bits per heavy atom. The zero-order valence-electron chi connectivity index (χ0n) is 15.7. The molecule has 0 aliphatic carbocycles. The second kappa shape index (κ2) is 8.72. The lowest BCUT2D eigenvalue weighted by atomic mass is 9.94. The fraction of sp³-hybridized carbons (Fsp3) is 0.588. The number of carboxylic acid groups (broad SMARTS) is 1. The summed E-state index contributed by atoms with van der Waals surface area (Å²) >= 11 is 0. The topological polar surface area (TPSA) is 147 Å². The predicted molar refractivity (Wildman–Crippen MR) is 90.1 cm³/mol. The lowest BCUT2D eigenvalue weighted by Crippen LogP contribution is -2.54. The van der Waals surface area contributed by atoms with Gasteiger partial charge in [-0.1, -0.05) is 0 Å². The normalized spacial score (nSPS) is 24.9. The number of aliphatic carboxylic acids is 1. The van der Waals surface area contributed by atoms with Crippen LogP contribution in [0.5, 0.6) is 0 Å². The van der Waals surface area contributed by atoms with Gasteiger partial charge in [-0.3, -0.25) is 14.4 Å². The van der Waals surface area contributed by atoms with Gasteiger partial charge in [0.2, 0.25) is 5.76 Å². The van der Waals surface area contributed by atoms with E-state index in [9.17, 15) is 24.3 Å². The van der Waals surface area contributed by atoms with Crippen molar-refractivity contribution in [3.05, 3.63) is 11.8 Å². The molecular weight excluding hydrogens is 378 g/mol. The number of hydrogen-bond donors (Lipinski definition) is 1. The Morgan fingerprint density at radius 2 is 1.75 bits per heavy atom. The van der Waals surface area contributed by atoms with Gasteiger partial charge in [0.15, 0.2) is 24.2 Å². The highest BCUT2D eigenvalue weighted by atomic mass is 16.6. The number of hydrogen-bond acceptors (Lipinski definition) is 10. The van der Waals surface area contributed by atoms with Crippen molar-refractivity contribution in [1.82, 2.24) is 0 Å². The molecule has 0 fully saturated rings. The monoisotopic (exact) mass is 399 g/mol. The minimum absolute atomic E-state index is 0.289. The fourth-order valence-corrected chi connectivity index (χ4v) is 2.92. The van der Waals surface area contributed by atoms with Crippen LogP contribution >= 0.6 is 0 Å². The highest BCUT2D eigenvalue weighted by molar-refractivity contribution is 5.85. The molecule has 2 rings (SSSR count). The average molecular weight is 399 g/mol. The molecule has 1 N–H and O–H groups in total. The summed E-state index contributed by atoms with van der Waals surface area (Å²) in [4.78, 5) is 50.1. The summed E-state index contributed by atoms with van der Waals surface area (Å²) in [5.41, 5.74) is 0. The van der Waals surface area contributed by atoms with Crippen LogP contribution in [0.3, 0.4) is 0 Å². The maximum Gasteiger partial charge on any atom is 0.370 e. The third-order valence-electron chi connectivity index (χ3n) is 3.86. The Hall–Kier alpha value is -3.11. The summed E-state index contributed by atoms with van der Waals surface area (Å²) in [6, 6.07) is -0.761. The van der Waals surface area contributed by atoms with Gasteiger partial charge in [0.25, 0.3) is 0 Å². The average Bonchev–Trinajstić information content (AvgIpc) is 2.95. The highest BCUT2D eigenvalue weighted by Gasteiger charge is 2.50. The van der Waals surface area contributed by atoms with Gasteiger partial charge in [0.1, 0.15) is 18.8 Å². The molecular formula is C17H21NO10. The molecule has 0 radical (unpaired) electrons. The highest BCUT2D eigenvalue weighted by Crippen LogP contribution is 2.32. The number of rotatable bonds is 7. The minimum Gasteiger partial charge on any atom is -0.477 e. The van der Waals surface area contributed by atoms with Gasteiger partial charge in [0.05, 0.1) is 0 Å². The Kier molecular flexibility index (Phi) is 6.60. The third-order valence-corrected chi connectivity index (χ3v) is 3.86. The second-order valence-electron chi connectivity index (χ2n) is 6.16. The van der Waals surface area contributed by atoms with E-state index in [0.29, 0.717) is 0 Å². The molecule has 0 amide bonds. The number of nitrogens with zero attached hydrogens (tertiary/aromatic N) is 1. The molecule has 0 unspecified atom stereocenters. The van der Waals surface area contributed by atoms with Crippen LogP contribution in [0.4, 0.5) is 0 Å². The number of ether oxygens (including phenoxy) is 5. The summed E-state index contributed by atoms with van der Waals surface area (Å²) in [5.74, 6) is -3.61. The van der Waals surface area contributed by atoms with Crippen LogP contribution in [0.15, 0.2) is 16.8 Å². The van der Waals surface area contributed by atoms with Gasteiger partial charge in [-0.2, -0.15) is 0 Å². The molecule has 0 aromatic rings. The number of carbonyl (C=O) groups excluding carboxylic acids is 3. The Morgan fingerprint density at radius 1 is 1.11 bits per heavy atom. The maximum absolute atomic E-state index is 11.7. The molecule has 2 aliphatic heterocycles. The summed E-state index contributed by atoms with van der Waals surface area (Å²) in [7, 11) is 0. The SMILES string of the molecule is CC(=O)OC[C@@H](OC(C)=O)[C@@H](OC(C)=O)[C@@H]1OC(C(=O)O)=C[C@H]2OC(C)=N[C@@H]12. The number of carboxylic acids is 1. The lowest BCUT2D eigenvalue weighted by Gasteiger charge is -2.37. The van der Waals surface area contributed by atoms with Crippen molar-refractivity contribution in [3.63, 3.8) is 0 Å². The van der Waals surface area contributed by atoms with E-state index in [0.717, 1.165) is 20.8 Å². The summed E-state index contributed by atoms with van der Waals surface area (Å²) in [5, 5.41) is 9.32. The molecule has 0 aromatic carbocycles. The van der Waals surface area contributed by atoms with E-state index < -0.39 is 66.7 Å². The molecule has 11 nitrogen and oxygen atoms in total. The first-order chi connectivity index (χ1) is 13.1. The quantitative estimate of drug-likeness (QED) is 0.457. The van der Waals surface area contributed by atoms with E-state index in [-0.39, 0.29) is 5.90 Å². The Bertz CT molecular complexity index is 727. The molecule has 2 aliphatic rings. The van der Waals surface area contributed by atoms with Crippen molar-refractivity contribution in [2.45, 2.75) is 58.2 Å². The minimum atomic E-state index is -1.36. The fourth-order valence-electron chi connectivity index (χ4n) is 2.92. The molecule has 0 bridgehead atoms. The van der Waals surface area contributed by atoms with Crippen molar-refractivity contribution in [1.29, 1.82) is 0 Å². The van der Waals surface area contributed by atoms with Crippen molar-refractivity contribution >= 4 is 29.8 Å². The van der Waals surface area contributed by atoms with Gasteiger partial charge in [-0.15, -0.1) is 0 Å². The number of esters is 3. The molecule has 154 valence electrons. The largest absolute Gasteiger partial charge is 0.477 e. The molecule has 0 saturated heterocycles. The molecule has 0 aromatic heterocycles. The Labute approximate surface area is 160 Å². The van der Waals surface area contributed by atoms with Gasteiger partial charge >= 0.3 is 23.9 Å². The van der Waals surface area contributed by atoms with Gasteiger partial charge in [0, 0.05) is 33.8 Å². The smallest absolute Gasteiger partial charge is 0.370 e. The summed E-state index contributed by atoms with van der Waals surface area (Å²) in [6.45, 7) is 4.55. The molecule has 0 spiro atoms. The third kappa shape index (κ3) is 5.21. The zero-order chi connectivity index (χ0) is 21.0. The summed E-state index contributed by atoms with van der Waals surface area (Å²) in [6.07, 6.45) is -3.24. The van der Waals surface area contributed by atoms with Gasteiger partial charge in [-0.25, -0.2) is 9.79 Å². The van der Waals surface area contributed by atoms with Gasteiger partial charge < -0.3 is 28.8 Å². The molecule has 28 heavy (non-hydrogen) atoms. The first kappa shape index (κ1) is 21.2. The van der Waals surface area contributed by atoms with Crippen molar-refractivity contribution in [2.75, 3.05) is 6.61 Å². The lowest BCUT2D eigenvalue weighted by molar-refractivity contribution is -0.187. The van der Waals surface area contributed by atoms with Crippen LogP contribution in [0.1, 0.15) is 27.7 Å². The number of fused-ring (bicyclic) bond motifs is 1. The van der Waals surface area contributed by atoms with Crippen LogP contribution in [-0.2, 0) is 42.9 Å². The first-order valence-electron chi connectivity index (χ1n) is 8.39. The molecule has 0 saturated carbocycles. The van der Waals surface area contributed by atoms with E-state index >= 15 is 0 Å². The van der Waals surface area contributed by atoms with Crippen molar-refractivity contribution in [2.24, 2.45) is 4.99 Å². The molecule has 11 heteroatoms. The summed E-state index contributed by atoms with van der Waals surface area (Å²) < 4.78 is 26.3. The number of carbonyl (C=O) groups is 4. The first-order valence-corrected chi connectivity index (χ1v) is 8.39. The van der Waals surface area contributed by atoms with E-state index in [2.05, 4.69) is 4.99 Å². The maximum atomic E-state index is 11.7. The van der Waals surface area contributed by atoms with Crippen molar-refractivity contribution in [3.8, 4) is 0 Å². The van der Waals surface area contributed by atoms with E-state index in [4.69, 9.17) is 23.7 Å². The van der Waals surface area contributed by atoms with Crippen LogP contribution < -0.4 is 0 Å². The predicted octanol–water partition coefficient (Wildman–Crippen LogP) is -0.0340.